The van der Waals surface area contributed by atoms with Crippen LogP contribution in [-0.4, -0.2) is 42.1 Å². The number of sulfone groups is 1. The van der Waals surface area contributed by atoms with E-state index in [1.165, 1.54) is 0 Å². The molecule has 2 aromatic rings. The zero-order valence-electron chi connectivity index (χ0n) is 12.7. The minimum Gasteiger partial charge on any atom is -0.461 e. The van der Waals surface area contributed by atoms with Gasteiger partial charge in [0.15, 0.2) is 9.84 Å². The van der Waals surface area contributed by atoms with E-state index in [2.05, 4.69) is 4.98 Å². The Kier molecular flexibility index (Phi) is 4.33. The van der Waals surface area contributed by atoms with Crippen molar-refractivity contribution in [3.8, 4) is 0 Å². The third-order valence-corrected chi connectivity index (χ3v) is 6.14. The van der Waals surface area contributed by atoms with Crippen LogP contribution in [0.4, 0.5) is 0 Å². The smallest absolute Gasteiger partial charge is 0.354 e. The number of hydrogen-bond acceptors (Lipinski definition) is 5. The van der Waals surface area contributed by atoms with Gasteiger partial charge in [0.2, 0.25) is 0 Å². The number of esters is 1. The van der Waals surface area contributed by atoms with Crippen LogP contribution >= 0.6 is 11.6 Å². The molecular formula is C15H17ClN2O4S. The third kappa shape index (κ3) is 3.35. The van der Waals surface area contributed by atoms with Crippen molar-refractivity contribution in [2.75, 3.05) is 18.1 Å². The fourth-order valence-electron chi connectivity index (χ4n) is 2.90. The fourth-order valence-corrected chi connectivity index (χ4v) is 4.73. The summed E-state index contributed by atoms with van der Waals surface area (Å²) in [5.41, 5.74) is 1.23. The lowest BCUT2D eigenvalue weighted by Gasteiger charge is -2.26. The van der Waals surface area contributed by atoms with Gasteiger partial charge >= 0.3 is 5.97 Å². The second-order valence-corrected chi connectivity index (χ2v) is 8.24. The highest BCUT2D eigenvalue weighted by Gasteiger charge is 2.33. The number of carbonyl (C=O) groups excluding carboxylic acids is 1. The van der Waals surface area contributed by atoms with Crippen LogP contribution in [0.3, 0.4) is 0 Å². The van der Waals surface area contributed by atoms with E-state index >= 15 is 0 Å². The van der Waals surface area contributed by atoms with E-state index < -0.39 is 15.8 Å². The van der Waals surface area contributed by atoms with Gasteiger partial charge in [-0.2, -0.15) is 0 Å². The van der Waals surface area contributed by atoms with E-state index in [-0.39, 0.29) is 17.4 Å². The van der Waals surface area contributed by atoms with Gasteiger partial charge in [0, 0.05) is 11.9 Å². The Morgan fingerprint density at radius 1 is 1.43 bits per heavy atom. The number of rotatable bonds is 5. The summed E-state index contributed by atoms with van der Waals surface area (Å²) >= 11 is 5.91. The molecule has 0 aliphatic carbocycles. The highest BCUT2D eigenvalue weighted by molar-refractivity contribution is 7.92. The molecule has 3 heterocycles. The number of halogens is 1. The monoisotopic (exact) mass is 356 g/mol. The summed E-state index contributed by atoms with van der Waals surface area (Å²) in [4.78, 5) is 16.2. The van der Waals surface area contributed by atoms with Crippen molar-refractivity contribution in [3.05, 3.63) is 29.2 Å². The maximum absolute atomic E-state index is 12.2. The van der Waals surface area contributed by atoms with E-state index in [9.17, 15) is 13.2 Å². The summed E-state index contributed by atoms with van der Waals surface area (Å²) in [6.45, 7) is 2.59. The van der Waals surface area contributed by atoms with E-state index in [1.54, 1.807) is 25.3 Å². The number of nitrogens with zero attached hydrogens (tertiary/aromatic N) is 2. The standard InChI is InChI=1S/C15H17ClN2O4S/c1-2-22-15(19)12-5-11-6-14(16)17-7-13(11)18(12)4-3-10-8-23(20,21)9-10/h5-7,10H,2-4,8-9H2,1H3. The molecule has 8 heteroatoms. The second kappa shape index (κ2) is 6.13. The first-order valence-electron chi connectivity index (χ1n) is 7.42. The normalized spacial score (nSPS) is 17.1. The fraction of sp³-hybridized carbons (Fsp3) is 0.467. The molecule has 1 saturated heterocycles. The van der Waals surface area contributed by atoms with Crippen LogP contribution in [0, 0.1) is 5.92 Å². The van der Waals surface area contributed by atoms with Crippen molar-refractivity contribution >= 4 is 38.3 Å². The molecule has 0 bridgehead atoms. The molecule has 0 spiro atoms. The quantitative estimate of drug-likeness (QED) is 0.606. The first kappa shape index (κ1) is 16.3. The Morgan fingerprint density at radius 2 is 2.17 bits per heavy atom. The lowest BCUT2D eigenvalue weighted by atomic mass is 10.1. The predicted octanol–water partition coefficient (Wildman–Crippen LogP) is 2.30. The number of carbonyl (C=O) groups is 1. The average molecular weight is 357 g/mol. The molecule has 2 aromatic heterocycles. The summed E-state index contributed by atoms with van der Waals surface area (Å²) in [5, 5.41) is 1.17. The number of fused-ring (bicyclic) bond motifs is 1. The lowest BCUT2D eigenvalue weighted by molar-refractivity contribution is 0.0514. The van der Waals surface area contributed by atoms with Crippen LogP contribution in [0.5, 0.6) is 0 Å². The summed E-state index contributed by atoms with van der Waals surface area (Å²) in [5.74, 6) is 0.199. The molecule has 0 atom stereocenters. The van der Waals surface area contributed by atoms with E-state index in [0.717, 1.165) is 10.9 Å². The Hall–Kier alpha value is -1.60. The molecule has 124 valence electrons. The second-order valence-electron chi connectivity index (χ2n) is 5.70. The Bertz CT molecular complexity index is 848. The average Bonchev–Trinajstić information content (AvgIpc) is 2.80. The van der Waals surface area contributed by atoms with Crippen LogP contribution < -0.4 is 0 Å². The summed E-state index contributed by atoms with van der Waals surface area (Å²) in [7, 11) is -2.84. The number of aromatic nitrogens is 2. The molecule has 0 unspecified atom stereocenters. The van der Waals surface area contributed by atoms with Crippen molar-refractivity contribution in [1.29, 1.82) is 0 Å². The van der Waals surface area contributed by atoms with E-state index in [0.29, 0.717) is 30.4 Å². The predicted molar refractivity (Wildman–Crippen MR) is 87.5 cm³/mol. The van der Waals surface area contributed by atoms with E-state index in [4.69, 9.17) is 16.3 Å². The Labute approximate surface area is 139 Å². The van der Waals surface area contributed by atoms with Crippen LogP contribution in [-0.2, 0) is 21.1 Å². The summed E-state index contributed by atoms with van der Waals surface area (Å²) < 4.78 is 29.5. The van der Waals surface area contributed by atoms with Crippen LogP contribution in [0.2, 0.25) is 5.15 Å². The summed E-state index contributed by atoms with van der Waals surface area (Å²) in [6.07, 6.45) is 2.32. The number of ether oxygens (including phenoxy) is 1. The molecular weight excluding hydrogens is 340 g/mol. The molecule has 1 aliphatic heterocycles. The van der Waals surface area contributed by atoms with Crippen LogP contribution in [0.15, 0.2) is 18.3 Å². The summed E-state index contributed by atoms with van der Waals surface area (Å²) in [6, 6.07) is 3.43. The number of pyridine rings is 1. The topological polar surface area (TPSA) is 78.3 Å². The van der Waals surface area contributed by atoms with E-state index in [1.807, 2.05) is 4.57 Å². The van der Waals surface area contributed by atoms with Gasteiger partial charge in [-0.1, -0.05) is 11.6 Å². The van der Waals surface area contributed by atoms with Gasteiger partial charge in [-0.3, -0.25) is 0 Å². The molecule has 0 amide bonds. The van der Waals surface area contributed by atoms with Gasteiger partial charge in [-0.25, -0.2) is 18.2 Å². The van der Waals surface area contributed by atoms with Crippen LogP contribution in [0.25, 0.3) is 10.9 Å². The molecule has 23 heavy (non-hydrogen) atoms. The molecule has 0 N–H and O–H groups in total. The van der Waals surface area contributed by atoms with Gasteiger partial charge in [0.1, 0.15) is 10.8 Å². The molecule has 1 aliphatic rings. The van der Waals surface area contributed by atoms with Gasteiger partial charge in [0.25, 0.3) is 0 Å². The highest BCUT2D eigenvalue weighted by Crippen LogP contribution is 2.26. The maximum atomic E-state index is 12.2. The zero-order chi connectivity index (χ0) is 16.6. The van der Waals surface area contributed by atoms with Gasteiger partial charge < -0.3 is 9.30 Å². The molecule has 3 rings (SSSR count). The van der Waals surface area contributed by atoms with Gasteiger partial charge in [-0.05, 0) is 31.4 Å². The highest BCUT2D eigenvalue weighted by atomic mass is 35.5. The van der Waals surface area contributed by atoms with Crippen molar-refractivity contribution in [2.24, 2.45) is 5.92 Å². The first-order chi connectivity index (χ1) is 10.9. The molecule has 0 radical (unpaired) electrons. The zero-order valence-corrected chi connectivity index (χ0v) is 14.2. The van der Waals surface area contributed by atoms with Crippen molar-refractivity contribution < 1.29 is 17.9 Å². The number of hydrogen-bond donors (Lipinski definition) is 0. The third-order valence-electron chi connectivity index (χ3n) is 3.98. The van der Waals surface area contributed by atoms with Gasteiger partial charge in [0.05, 0.1) is 29.8 Å². The lowest BCUT2D eigenvalue weighted by Crippen LogP contribution is -2.36. The molecule has 0 saturated carbocycles. The van der Waals surface area contributed by atoms with Crippen molar-refractivity contribution in [2.45, 2.75) is 19.9 Å². The van der Waals surface area contributed by atoms with Crippen molar-refractivity contribution in [3.63, 3.8) is 0 Å². The first-order valence-corrected chi connectivity index (χ1v) is 9.62. The minimum atomic E-state index is -2.84. The van der Waals surface area contributed by atoms with Gasteiger partial charge in [-0.15, -0.1) is 0 Å². The molecule has 0 aromatic carbocycles. The largest absolute Gasteiger partial charge is 0.461 e. The van der Waals surface area contributed by atoms with Crippen molar-refractivity contribution in [1.82, 2.24) is 9.55 Å². The maximum Gasteiger partial charge on any atom is 0.354 e. The molecule has 6 nitrogen and oxygen atoms in total. The SMILES string of the molecule is CCOC(=O)c1cc2cc(Cl)ncc2n1CCC1CS(=O)(=O)C1. The Morgan fingerprint density at radius 3 is 2.83 bits per heavy atom. The van der Waals surface area contributed by atoms with Crippen LogP contribution in [0.1, 0.15) is 23.8 Å². The number of aryl methyl sites for hydroxylation is 1. The molecule has 1 fully saturated rings. The minimum absolute atomic E-state index is 0.146. The Balaban J connectivity index is 1.89.